The van der Waals surface area contributed by atoms with Crippen molar-refractivity contribution in [3.05, 3.63) is 18.9 Å². The van der Waals surface area contributed by atoms with Crippen LogP contribution in [0.15, 0.2) is 23.4 Å². The van der Waals surface area contributed by atoms with E-state index in [9.17, 15) is 15.3 Å². The van der Waals surface area contributed by atoms with Crippen molar-refractivity contribution in [3.63, 3.8) is 0 Å². The fraction of sp³-hybridized carbons (Fsp3) is 0.429. The van der Waals surface area contributed by atoms with Crippen LogP contribution in [0.2, 0.25) is 0 Å². The molecule has 4 rings (SSSR count). The molecule has 2 unspecified atom stereocenters. The highest BCUT2D eigenvalue weighted by molar-refractivity contribution is 5.99. The fourth-order valence-electron chi connectivity index (χ4n) is 3.14. The number of anilines is 1. The second kappa shape index (κ2) is 5.46. The summed E-state index contributed by atoms with van der Waals surface area (Å²) in [4.78, 5) is 12.2. The van der Waals surface area contributed by atoms with Gasteiger partial charge < -0.3 is 34.9 Å². The number of hydrogen-bond acceptors (Lipinski definition) is 10. The Hall–Kier alpha value is -2.60. The van der Waals surface area contributed by atoms with Gasteiger partial charge in [-0.1, -0.05) is 5.16 Å². The van der Waals surface area contributed by atoms with Gasteiger partial charge in [-0.05, 0) is 6.92 Å². The van der Waals surface area contributed by atoms with Crippen molar-refractivity contribution in [2.24, 2.45) is 0 Å². The van der Waals surface area contributed by atoms with Crippen molar-refractivity contribution in [2.45, 2.75) is 31.0 Å². The monoisotopic (exact) mass is 348 g/mol. The minimum atomic E-state index is -1.67. The zero-order chi connectivity index (χ0) is 17.8. The minimum absolute atomic E-state index is 0.195. The van der Waals surface area contributed by atoms with E-state index < -0.39 is 30.6 Å². The van der Waals surface area contributed by atoms with E-state index in [1.165, 1.54) is 24.2 Å². The van der Waals surface area contributed by atoms with Crippen molar-refractivity contribution in [1.29, 1.82) is 0 Å². The molecule has 0 radical (unpaired) electrons. The number of nitrogens with two attached hydrogens (primary N) is 1. The molecule has 5 N–H and O–H groups in total. The average Bonchev–Trinajstić information content (AvgIpc) is 3.27. The van der Waals surface area contributed by atoms with E-state index in [0.717, 1.165) is 0 Å². The molecule has 3 aromatic heterocycles. The molecule has 25 heavy (non-hydrogen) atoms. The molecule has 0 spiro atoms. The van der Waals surface area contributed by atoms with Crippen molar-refractivity contribution in [1.82, 2.24) is 24.7 Å². The van der Waals surface area contributed by atoms with Crippen LogP contribution in [-0.4, -0.2) is 64.4 Å². The molecule has 0 aromatic carbocycles. The normalized spacial score (nSPS) is 29.5. The first-order valence-corrected chi connectivity index (χ1v) is 7.49. The molecule has 4 atom stereocenters. The van der Waals surface area contributed by atoms with Gasteiger partial charge in [0.05, 0.1) is 17.6 Å². The standard InChI is InChI=1S/C14H16N6O5/c1-14(23)9(22)7(3-21)25-13(14)20-2-6(11-18-5-24-19-11)8-10(15)16-4-17-12(8)20/h2,4-5,7,9,13,21-23H,3H2,1H3,(H2,15,16,17)/t7?,9-,13?,14-/m1/s1. The first-order chi connectivity index (χ1) is 11.9. The smallest absolute Gasteiger partial charge is 0.214 e. The second-order valence-electron chi connectivity index (χ2n) is 6.04. The first-order valence-electron chi connectivity index (χ1n) is 7.49. The third kappa shape index (κ3) is 2.21. The van der Waals surface area contributed by atoms with Crippen LogP contribution in [0.3, 0.4) is 0 Å². The summed E-state index contributed by atoms with van der Waals surface area (Å²) < 4.78 is 11.9. The van der Waals surface area contributed by atoms with Crippen LogP contribution < -0.4 is 5.73 Å². The number of fused-ring (bicyclic) bond motifs is 1. The van der Waals surface area contributed by atoms with Crippen LogP contribution in [0.1, 0.15) is 13.2 Å². The third-order valence-corrected chi connectivity index (χ3v) is 4.43. The lowest BCUT2D eigenvalue weighted by Crippen LogP contribution is -2.44. The van der Waals surface area contributed by atoms with E-state index in [4.69, 9.17) is 15.0 Å². The van der Waals surface area contributed by atoms with E-state index in [1.54, 1.807) is 6.20 Å². The number of nitrogens with zero attached hydrogens (tertiary/aromatic N) is 5. The maximum atomic E-state index is 10.7. The first kappa shape index (κ1) is 15.9. The lowest BCUT2D eigenvalue weighted by Gasteiger charge is -2.27. The average molecular weight is 348 g/mol. The van der Waals surface area contributed by atoms with Crippen LogP contribution in [0.5, 0.6) is 0 Å². The summed E-state index contributed by atoms with van der Waals surface area (Å²) in [7, 11) is 0. The highest BCUT2D eigenvalue weighted by Gasteiger charge is 2.53. The number of aliphatic hydroxyl groups is 3. The lowest BCUT2D eigenvalue weighted by atomic mass is 9.96. The van der Waals surface area contributed by atoms with Gasteiger partial charge in [-0.15, -0.1) is 0 Å². The molecule has 0 amide bonds. The van der Waals surface area contributed by atoms with E-state index in [0.29, 0.717) is 16.6 Å². The van der Waals surface area contributed by atoms with Gasteiger partial charge >= 0.3 is 0 Å². The molecule has 0 saturated carbocycles. The van der Waals surface area contributed by atoms with Crippen molar-refractivity contribution >= 4 is 16.9 Å². The molecule has 11 nitrogen and oxygen atoms in total. The molecule has 132 valence electrons. The van der Waals surface area contributed by atoms with Gasteiger partial charge in [-0.25, -0.2) is 9.97 Å². The minimum Gasteiger partial charge on any atom is -0.394 e. The summed E-state index contributed by atoms with van der Waals surface area (Å²) in [5, 5.41) is 34.6. The highest BCUT2D eigenvalue weighted by Crippen LogP contribution is 2.42. The number of aromatic nitrogens is 5. The van der Waals surface area contributed by atoms with Crippen LogP contribution >= 0.6 is 0 Å². The summed E-state index contributed by atoms with van der Waals surface area (Å²) >= 11 is 0. The Labute approximate surface area is 140 Å². The van der Waals surface area contributed by atoms with Gasteiger partial charge in [-0.2, -0.15) is 4.98 Å². The summed E-state index contributed by atoms with van der Waals surface area (Å²) in [5.41, 5.74) is 5.16. The summed E-state index contributed by atoms with van der Waals surface area (Å²) in [6, 6.07) is 0. The Balaban J connectivity index is 1.93. The number of rotatable bonds is 3. The van der Waals surface area contributed by atoms with Gasteiger partial charge in [0.1, 0.15) is 35.6 Å². The zero-order valence-corrected chi connectivity index (χ0v) is 13.1. The van der Waals surface area contributed by atoms with Crippen molar-refractivity contribution in [3.8, 4) is 11.4 Å². The van der Waals surface area contributed by atoms with Crippen LogP contribution in [0, 0.1) is 0 Å². The Kier molecular flexibility index (Phi) is 3.47. The Morgan fingerprint density at radius 1 is 1.36 bits per heavy atom. The maximum absolute atomic E-state index is 10.7. The Bertz CT molecular complexity index is 908. The van der Waals surface area contributed by atoms with Gasteiger partial charge in [0.15, 0.2) is 6.23 Å². The van der Waals surface area contributed by atoms with Gasteiger partial charge in [0, 0.05) is 6.20 Å². The number of nitrogen functional groups attached to an aromatic ring is 1. The van der Waals surface area contributed by atoms with E-state index in [1.807, 2.05) is 0 Å². The number of aliphatic hydroxyl groups excluding tert-OH is 2. The predicted molar refractivity (Wildman–Crippen MR) is 82.9 cm³/mol. The van der Waals surface area contributed by atoms with Crippen molar-refractivity contribution in [2.75, 3.05) is 12.3 Å². The molecule has 11 heteroatoms. The Morgan fingerprint density at radius 3 is 2.80 bits per heavy atom. The maximum Gasteiger partial charge on any atom is 0.214 e. The molecular weight excluding hydrogens is 332 g/mol. The fourth-order valence-corrected chi connectivity index (χ4v) is 3.14. The number of ether oxygens (including phenoxy) is 1. The Morgan fingerprint density at radius 2 is 2.16 bits per heavy atom. The topological polar surface area (TPSA) is 166 Å². The van der Waals surface area contributed by atoms with E-state index in [2.05, 4.69) is 20.1 Å². The molecule has 1 fully saturated rings. The largest absolute Gasteiger partial charge is 0.394 e. The summed E-state index contributed by atoms with van der Waals surface area (Å²) in [5.74, 6) is 0.461. The molecule has 1 saturated heterocycles. The SMILES string of the molecule is C[C@]1(O)C(n2cc(-c3ncon3)c3c(N)ncnc32)OC(CO)[C@H]1O. The van der Waals surface area contributed by atoms with Gasteiger partial charge in [-0.3, -0.25) is 0 Å². The van der Waals surface area contributed by atoms with Crippen molar-refractivity contribution < 1.29 is 24.6 Å². The molecule has 0 aliphatic carbocycles. The van der Waals surface area contributed by atoms with Crippen LogP contribution in [0.4, 0.5) is 5.82 Å². The van der Waals surface area contributed by atoms with Gasteiger partial charge in [0.2, 0.25) is 12.2 Å². The number of hydrogen-bond donors (Lipinski definition) is 4. The molecule has 0 bridgehead atoms. The summed E-state index contributed by atoms with van der Waals surface area (Å²) in [6.45, 7) is 0.976. The highest BCUT2D eigenvalue weighted by atomic mass is 16.6. The van der Waals surface area contributed by atoms with Gasteiger partial charge in [0.25, 0.3) is 0 Å². The lowest BCUT2D eigenvalue weighted by molar-refractivity contribution is -0.0948. The van der Waals surface area contributed by atoms with Crippen LogP contribution in [0.25, 0.3) is 22.4 Å². The van der Waals surface area contributed by atoms with E-state index in [-0.39, 0.29) is 11.6 Å². The molecule has 1 aliphatic rings. The molecule has 4 heterocycles. The second-order valence-corrected chi connectivity index (χ2v) is 6.04. The van der Waals surface area contributed by atoms with E-state index >= 15 is 0 Å². The molecule has 3 aromatic rings. The predicted octanol–water partition coefficient (Wildman–Crippen LogP) is -0.935. The quantitative estimate of drug-likeness (QED) is 0.464. The van der Waals surface area contributed by atoms with Crippen LogP contribution in [-0.2, 0) is 4.74 Å². The zero-order valence-electron chi connectivity index (χ0n) is 13.1. The molecular formula is C14H16N6O5. The third-order valence-electron chi connectivity index (χ3n) is 4.43. The summed E-state index contributed by atoms with van der Waals surface area (Å²) in [6.07, 6.45) is 0.797. The molecule has 1 aliphatic heterocycles.